The van der Waals surface area contributed by atoms with Crippen LogP contribution in [0, 0.1) is 29.1 Å². The summed E-state index contributed by atoms with van der Waals surface area (Å²) >= 11 is 0. The Morgan fingerprint density at radius 2 is 1.50 bits per heavy atom. The second kappa shape index (κ2) is 10.5. The molecule has 154 valence electrons. The Hall–Kier alpha value is -1.29. The third kappa shape index (κ3) is 5.20. The van der Waals surface area contributed by atoms with Gasteiger partial charge in [-0.25, -0.2) is 0 Å². The average Bonchev–Trinajstić information content (AvgIpc) is 2.75. The lowest BCUT2D eigenvalue weighted by Crippen LogP contribution is -2.33. The predicted molar refractivity (Wildman–Crippen MR) is 119 cm³/mol. The van der Waals surface area contributed by atoms with Crippen molar-refractivity contribution in [3.8, 4) is 6.07 Å². The van der Waals surface area contributed by atoms with E-state index in [0.717, 1.165) is 30.6 Å². The normalized spacial score (nSPS) is 30.7. The zero-order valence-electron chi connectivity index (χ0n) is 18.4. The Morgan fingerprint density at radius 1 is 0.857 bits per heavy atom. The minimum atomic E-state index is -0.224. The smallest absolute Gasteiger partial charge is 0.0822 e. The molecule has 1 aromatic rings. The fourth-order valence-corrected chi connectivity index (χ4v) is 6.00. The lowest BCUT2D eigenvalue weighted by atomic mass is 9.62. The molecular formula is C27H41N. The first-order chi connectivity index (χ1) is 13.7. The summed E-state index contributed by atoms with van der Waals surface area (Å²) in [6.45, 7) is 4.58. The van der Waals surface area contributed by atoms with Gasteiger partial charge in [-0.2, -0.15) is 5.26 Å². The Morgan fingerprint density at radius 3 is 2.07 bits per heavy atom. The van der Waals surface area contributed by atoms with Gasteiger partial charge in [-0.3, -0.25) is 0 Å². The SMILES string of the molecule is CCCCCc1ccc([C@]2(C#N)CC[C@@H](C3CCC(CCC)CC3)CC2)cc1. The summed E-state index contributed by atoms with van der Waals surface area (Å²) in [6.07, 6.45) is 18.3. The highest BCUT2D eigenvalue weighted by molar-refractivity contribution is 5.35. The number of hydrogen-bond donors (Lipinski definition) is 0. The van der Waals surface area contributed by atoms with Crippen LogP contribution in [0.5, 0.6) is 0 Å². The minimum Gasteiger partial charge on any atom is -0.197 e. The maximum Gasteiger partial charge on any atom is 0.0822 e. The first-order valence-corrected chi connectivity index (χ1v) is 12.2. The Balaban J connectivity index is 1.54. The summed E-state index contributed by atoms with van der Waals surface area (Å²) in [6, 6.07) is 11.8. The van der Waals surface area contributed by atoms with Crippen molar-refractivity contribution in [2.24, 2.45) is 17.8 Å². The van der Waals surface area contributed by atoms with Crippen molar-refractivity contribution in [3.05, 3.63) is 35.4 Å². The van der Waals surface area contributed by atoms with Gasteiger partial charge in [-0.1, -0.05) is 76.6 Å². The van der Waals surface area contributed by atoms with Crippen LogP contribution in [0.2, 0.25) is 0 Å². The minimum absolute atomic E-state index is 0.224. The van der Waals surface area contributed by atoms with Gasteiger partial charge in [-0.15, -0.1) is 0 Å². The highest BCUT2D eigenvalue weighted by Gasteiger charge is 2.39. The number of hydrogen-bond acceptors (Lipinski definition) is 1. The van der Waals surface area contributed by atoms with Crippen molar-refractivity contribution < 1.29 is 0 Å². The number of nitrogens with zero attached hydrogens (tertiary/aromatic N) is 1. The van der Waals surface area contributed by atoms with E-state index in [1.54, 1.807) is 0 Å². The van der Waals surface area contributed by atoms with E-state index in [1.807, 2.05) is 0 Å². The number of benzene rings is 1. The van der Waals surface area contributed by atoms with Gasteiger partial charge in [0.1, 0.15) is 0 Å². The Bertz CT molecular complexity index is 607. The lowest BCUT2D eigenvalue weighted by molar-refractivity contribution is 0.144. The number of nitriles is 1. The van der Waals surface area contributed by atoms with Crippen molar-refractivity contribution in [1.82, 2.24) is 0 Å². The molecule has 1 aromatic carbocycles. The van der Waals surface area contributed by atoms with Crippen LogP contribution in [-0.2, 0) is 11.8 Å². The van der Waals surface area contributed by atoms with E-state index in [2.05, 4.69) is 44.2 Å². The predicted octanol–water partition coefficient (Wildman–Crippen LogP) is 7.98. The van der Waals surface area contributed by atoms with Crippen LogP contribution < -0.4 is 0 Å². The van der Waals surface area contributed by atoms with E-state index in [4.69, 9.17) is 0 Å². The summed E-state index contributed by atoms with van der Waals surface area (Å²) in [5.74, 6) is 2.81. The molecule has 1 heteroatoms. The lowest BCUT2D eigenvalue weighted by Gasteiger charge is -2.41. The van der Waals surface area contributed by atoms with E-state index in [0.29, 0.717) is 0 Å². The van der Waals surface area contributed by atoms with Crippen LogP contribution in [-0.4, -0.2) is 0 Å². The van der Waals surface area contributed by atoms with Crippen LogP contribution in [0.15, 0.2) is 24.3 Å². The summed E-state index contributed by atoms with van der Waals surface area (Å²) in [5.41, 5.74) is 2.49. The molecule has 0 aliphatic heterocycles. The molecule has 2 fully saturated rings. The molecule has 0 N–H and O–H groups in total. The van der Waals surface area contributed by atoms with Crippen LogP contribution >= 0.6 is 0 Å². The van der Waals surface area contributed by atoms with Gasteiger partial charge < -0.3 is 0 Å². The average molecular weight is 380 g/mol. The largest absolute Gasteiger partial charge is 0.197 e. The molecule has 0 saturated heterocycles. The first kappa shape index (κ1) is 21.4. The van der Waals surface area contributed by atoms with Crippen molar-refractivity contribution in [2.75, 3.05) is 0 Å². The second-order valence-corrected chi connectivity index (χ2v) is 9.75. The molecule has 0 radical (unpaired) electrons. The molecule has 0 atom stereocenters. The highest BCUT2D eigenvalue weighted by atomic mass is 14.5. The second-order valence-electron chi connectivity index (χ2n) is 9.75. The topological polar surface area (TPSA) is 23.8 Å². The maximum atomic E-state index is 10.1. The number of rotatable bonds is 8. The van der Waals surface area contributed by atoms with Crippen LogP contribution in [0.3, 0.4) is 0 Å². The molecule has 0 spiro atoms. The van der Waals surface area contributed by atoms with E-state index in [9.17, 15) is 5.26 Å². The highest BCUT2D eigenvalue weighted by Crippen LogP contribution is 2.47. The van der Waals surface area contributed by atoms with Gasteiger partial charge in [0.15, 0.2) is 0 Å². The molecule has 2 saturated carbocycles. The molecule has 0 unspecified atom stereocenters. The number of aryl methyl sites for hydroxylation is 1. The Kier molecular flexibility index (Phi) is 8.01. The molecule has 2 aliphatic carbocycles. The molecule has 28 heavy (non-hydrogen) atoms. The molecule has 0 amide bonds. The zero-order valence-corrected chi connectivity index (χ0v) is 18.4. The fourth-order valence-electron chi connectivity index (χ4n) is 6.00. The molecule has 0 aromatic heterocycles. The third-order valence-corrected chi connectivity index (χ3v) is 7.93. The van der Waals surface area contributed by atoms with Crippen molar-refractivity contribution >= 4 is 0 Å². The van der Waals surface area contributed by atoms with Gasteiger partial charge in [0, 0.05) is 0 Å². The molecular weight excluding hydrogens is 338 g/mol. The maximum absolute atomic E-state index is 10.1. The summed E-state index contributed by atoms with van der Waals surface area (Å²) in [7, 11) is 0. The fraction of sp³-hybridized carbons (Fsp3) is 0.741. The van der Waals surface area contributed by atoms with Crippen LogP contribution in [0.1, 0.15) is 108 Å². The molecule has 0 heterocycles. The van der Waals surface area contributed by atoms with Crippen molar-refractivity contribution in [3.63, 3.8) is 0 Å². The van der Waals surface area contributed by atoms with Gasteiger partial charge in [0.2, 0.25) is 0 Å². The first-order valence-electron chi connectivity index (χ1n) is 12.2. The van der Waals surface area contributed by atoms with Gasteiger partial charge in [0.05, 0.1) is 11.5 Å². The van der Waals surface area contributed by atoms with Crippen molar-refractivity contribution in [1.29, 1.82) is 5.26 Å². The molecule has 3 rings (SSSR count). The standard InChI is InChI=1S/C27H41N/c1-3-5-6-8-23-11-15-26(16-12-23)27(21-28)19-17-25(18-20-27)24-13-9-22(7-4-2)10-14-24/h11-12,15-16,22,24-25H,3-10,13-14,17-20H2,1-2H3/t22?,24?,25-,27-. The van der Waals surface area contributed by atoms with Crippen LogP contribution in [0.25, 0.3) is 0 Å². The third-order valence-electron chi connectivity index (χ3n) is 7.93. The summed E-state index contributed by atoms with van der Waals surface area (Å²) in [4.78, 5) is 0. The monoisotopic (exact) mass is 379 g/mol. The molecule has 0 bridgehead atoms. The Labute approximate surface area is 173 Å². The summed E-state index contributed by atoms with van der Waals surface area (Å²) < 4.78 is 0. The van der Waals surface area contributed by atoms with Crippen LogP contribution in [0.4, 0.5) is 0 Å². The summed E-state index contributed by atoms with van der Waals surface area (Å²) in [5, 5.41) is 10.1. The van der Waals surface area contributed by atoms with Gasteiger partial charge in [-0.05, 0) is 80.2 Å². The molecule has 1 nitrogen and oxygen atoms in total. The van der Waals surface area contributed by atoms with E-state index in [-0.39, 0.29) is 5.41 Å². The van der Waals surface area contributed by atoms with Crippen molar-refractivity contribution in [2.45, 2.75) is 109 Å². The van der Waals surface area contributed by atoms with E-state index in [1.165, 1.54) is 88.2 Å². The molecule has 2 aliphatic rings. The van der Waals surface area contributed by atoms with Gasteiger partial charge in [0.25, 0.3) is 0 Å². The quantitative estimate of drug-likeness (QED) is 0.420. The van der Waals surface area contributed by atoms with E-state index >= 15 is 0 Å². The number of unbranched alkanes of at least 4 members (excludes halogenated alkanes) is 2. The van der Waals surface area contributed by atoms with E-state index < -0.39 is 0 Å². The zero-order chi connectivity index (χ0) is 19.8. The van der Waals surface area contributed by atoms with Gasteiger partial charge >= 0.3 is 0 Å².